The Morgan fingerprint density at radius 1 is 0.667 bits per heavy atom. The van der Waals surface area contributed by atoms with Crippen LogP contribution in [0.5, 0.6) is 5.75 Å². The van der Waals surface area contributed by atoms with E-state index in [1.54, 1.807) is 6.92 Å². The van der Waals surface area contributed by atoms with Crippen LogP contribution in [0.1, 0.15) is 59.8 Å². The zero-order valence-corrected chi connectivity index (χ0v) is 25.8. The van der Waals surface area contributed by atoms with Crippen LogP contribution in [0, 0.1) is 5.92 Å². The van der Waals surface area contributed by atoms with Gasteiger partial charge in [-0.3, -0.25) is 0 Å². The second kappa shape index (κ2) is 33.1. The summed E-state index contributed by atoms with van der Waals surface area (Å²) in [6.07, 6.45) is 10.1. The molecule has 0 heterocycles. The summed E-state index contributed by atoms with van der Waals surface area (Å²) < 4.78 is 24.0. The minimum absolute atomic E-state index is 0.236. The zero-order chi connectivity index (χ0) is 32.4. The van der Waals surface area contributed by atoms with E-state index in [-0.39, 0.29) is 24.5 Å². The van der Waals surface area contributed by atoms with Crippen molar-refractivity contribution in [1.29, 1.82) is 0 Å². The predicted molar refractivity (Wildman–Crippen MR) is 166 cm³/mol. The molecule has 1 unspecified atom stereocenters. The highest BCUT2D eigenvalue weighted by molar-refractivity contribution is 5.82. The summed E-state index contributed by atoms with van der Waals surface area (Å²) >= 11 is 0. The van der Waals surface area contributed by atoms with Crippen molar-refractivity contribution in [3.8, 4) is 5.75 Å². The first-order chi connectivity index (χ1) is 20.2. The Balaban J connectivity index is -0.000000504. The van der Waals surface area contributed by atoms with Crippen molar-refractivity contribution < 1.29 is 42.9 Å². The second-order valence-electron chi connectivity index (χ2n) is 8.11. The predicted octanol–water partition coefficient (Wildman–Crippen LogP) is 6.59. The Labute approximate surface area is 252 Å². The molecule has 0 N–H and O–H groups in total. The second-order valence-corrected chi connectivity index (χ2v) is 8.11. The van der Waals surface area contributed by atoms with Crippen LogP contribution >= 0.6 is 0 Å². The number of para-hydroxylation sites is 1. The van der Waals surface area contributed by atoms with E-state index < -0.39 is 5.97 Å². The summed E-state index contributed by atoms with van der Waals surface area (Å²) in [7, 11) is 0. The summed E-state index contributed by atoms with van der Waals surface area (Å²) in [4.78, 5) is 41.7. The van der Waals surface area contributed by atoms with Gasteiger partial charge in [-0.1, -0.05) is 84.5 Å². The van der Waals surface area contributed by atoms with Crippen LogP contribution in [0.2, 0.25) is 0 Å². The maximum atomic E-state index is 10.8. The molecule has 1 atom stereocenters. The van der Waals surface area contributed by atoms with E-state index in [0.717, 1.165) is 43.2 Å². The van der Waals surface area contributed by atoms with Gasteiger partial charge in [0.1, 0.15) is 19.0 Å². The fraction of sp³-hybridized carbons (Fsp3) is 0.455. The van der Waals surface area contributed by atoms with Crippen molar-refractivity contribution in [3.05, 3.63) is 81.0 Å². The Morgan fingerprint density at radius 3 is 1.60 bits per heavy atom. The molecular weight excluding hydrogens is 540 g/mol. The lowest BCUT2D eigenvalue weighted by Crippen LogP contribution is -2.12. The molecule has 0 aromatic heterocycles. The molecule has 0 amide bonds. The summed E-state index contributed by atoms with van der Waals surface area (Å²) in [5.74, 6) is -0.156. The zero-order valence-electron chi connectivity index (χ0n) is 25.8. The molecule has 0 aliphatic heterocycles. The van der Waals surface area contributed by atoms with E-state index in [0.29, 0.717) is 32.3 Å². The number of carbonyl (C=O) groups is 4. The topological polar surface area (TPSA) is 114 Å². The largest absolute Gasteiger partial charge is 0.490 e. The molecule has 0 saturated carbocycles. The van der Waals surface area contributed by atoms with Crippen LogP contribution in [0.15, 0.2) is 81.0 Å². The number of benzene rings is 1. The van der Waals surface area contributed by atoms with E-state index >= 15 is 0 Å². The number of hydrogen-bond donors (Lipinski definition) is 0. The van der Waals surface area contributed by atoms with Gasteiger partial charge in [0.15, 0.2) is 0 Å². The number of carbonyl (C=O) groups excluding carboxylic acids is 4. The standard InChI is InChI=1S/C11H12O3.C11H20O2.C6H10O2.C5H8O2/c1-2-11(12)14-9-8-13-10-6-4-3-5-7-10;1-4-7-8-10(5-2)9-13-11(12)6-3;1-3-5-8-6(7)4-2;1-3-5(6)7-4-2/h2-7H,1,8-9H2;6,10H,3-5,7-9H2,1-2H3;4H,2-3,5H2,1H3;3H,1,4H2,2H3. The number of ether oxygens (including phenoxy) is 5. The highest BCUT2D eigenvalue weighted by Crippen LogP contribution is 2.12. The van der Waals surface area contributed by atoms with E-state index in [1.807, 2.05) is 37.3 Å². The first-order valence-corrected chi connectivity index (χ1v) is 14.0. The molecule has 0 radical (unpaired) electrons. The highest BCUT2D eigenvalue weighted by atomic mass is 16.6. The first-order valence-electron chi connectivity index (χ1n) is 14.0. The third kappa shape index (κ3) is 32.1. The van der Waals surface area contributed by atoms with Crippen molar-refractivity contribution >= 4 is 23.9 Å². The maximum absolute atomic E-state index is 10.8. The van der Waals surface area contributed by atoms with Crippen LogP contribution in [-0.4, -0.2) is 56.9 Å². The van der Waals surface area contributed by atoms with Crippen molar-refractivity contribution in [2.24, 2.45) is 5.92 Å². The molecule has 9 heteroatoms. The van der Waals surface area contributed by atoms with Gasteiger partial charge in [-0.25, -0.2) is 19.2 Å². The normalized spacial score (nSPS) is 9.62. The van der Waals surface area contributed by atoms with Crippen LogP contribution in [0.25, 0.3) is 0 Å². The minimum Gasteiger partial charge on any atom is -0.490 e. The van der Waals surface area contributed by atoms with Gasteiger partial charge in [0.25, 0.3) is 0 Å². The van der Waals surface area contributed by atoms with E-state index in [1.165, 1.54) is 18.9 Å². The van der Waals surface area contributed by atoms with Gasteiger partial charge in [0, 0.05) is 24.3 Å². The molecule has 9 nitrogen and oxygen atoms in total. The Hall–Kier alpha value is -4.14. The van der Waals surface area contributed by atoms with Crippen molar-refractivity contribution in [3.63, 3.8) is 0 Å². The van der Waals surface area contributed by atoms with Gasteiger partial charge in [-0.2, -0.15) is 0 Å². The van der Waals surface area contributed by atoms with E-state index in [9.17, 15) is 19.2 Å². The molecule has 1 rings (SSSR count). The Kier molecular flexibility index (Phi) is 33.3. The molecule has 0 aliphatic rings. The molecular formula is C33H50O9. The Morgan fingerprint density at radius 2 is 1.17 bits per heavy atom. The molecule has 42 heavy (non-hydrogen) atoms. The van der Waals surface area contributed by atoms with Gasteiger partial charge in [0.05, 0.1) is 19.8 Å². The third-order valence-corrected chi connectivity index (χ3v) is 4.75. The molecule has 0 fully saturated rings. The minimum atomic E-state index is -0.429. The molecule has 0 saturated heterocycles. The summed E-state index contributed by atoms with van der Waals surface area (Å²) in [6, 6.07) is 9.35. The summed E-state index contributed by atoms with van der Waals surface area (Å²) in [5.41, 5.74) is 0. The van der Waals surface area contributed by atoms with Gasteiger partial charge in [-0.05, 0) is 37.8 Å². The molecule has 0 spiro atoms. The fourth-order valence-electron chi connectivity index (χ4n) is 2.50. The van der Waals surface area contributed by atoms with E-state index in [2.05, 4.69) is 49.6 Å². The summed E-state index contributed by atoms with van der Waals surface area (Å²) in [6.45, 7) is 23.1. The number of unbranched alkanes of at least 4 members (excludes halogenated alkanes) is 1. The molecule has 0 bridgehead atoms. The monoisotopic (exact) mass is 590 g/mol. The smallest absolute Gasteiger partial charge is 0.330 e. The van der Waals surface area contributed by atoms with E-state index in [4.69, 9.17) is 14.2 Å². The summed E-state index contributed by atoms with van der Waals surface area (Å²) in [5, 5.41) is 0. The lowest BCUT2D eigenvalue weighted by molar-refractivity contribution is -0.139. The lowest BCUT2D eigenvalue weighted by atomic mass is 10.0. The van der Waals surface area contributed by atoms with Crippen LogP contribution in [0.3, 0.4) is 0 Å². The van der Waals surface area contributed by atoms with Crippen LogP contribution in [0.4, 0.5) is 0 Å². The molecule has 1 aromatic carbocycles. The van der Waals surface area contributed by atoms with Gasteiger partial charge in [0.2, 0.25) is 0 Å². The molecule has 1 aromatic rings. The van der Waals surface area contributed by atoms with Crippen molar-refractivity contribution in [1.82, 2.24) is 0 Å². The van der Waals surface area contributed by atoms with Gasteiger partial charge in [-0.15, -0.1) is 0 Å². The number of esters is 4. The first kappa shape index (κ1) is 42.3. The molecule has 0 aliphatic carbocycles. The van der Waals surface area contributed by atoms with Gasteiger partial charge >= 0.3 is 23.9 Å². The number of hydrogen-bond acceptors (Lipinski definition) is 9. The van der Waals surface area contributed by atoms with Crippen LogP contribution in [-0.2, 0) is 38.1 Å². The molecule has 236 valence electrons. The average molecular weight is 591 g/mol. The van der Waals surface area contributed by atoms with Crippen molar-refractivity contribution in [2.45, 2.75) is 59.8 Å². The average Bonchev–Trinajstić information content (AvgIpc) is 3.03. The Bertz CT molecular complexity index is 879. The quantitative estimate of drug-likeness (QED) is 0.0858. The fourth-order valence-corrected chi connectivity index (χ4v) is 2.50. The number of rotatable bonds is 17. The van der Waals surface area contributed by atoms with Crippen molar-refractivity contribution in [2.75, 3.05) is 33.0 Å². The van der Waals surface area contributed by atoms with Crippen LogP contribution < -0.4 is 4.74 Å². The van der Waals surface area contributed by atoms with Gasteiger partial charge < -0.3 is 23.7 Å². The maximum Gasteiger partial charge on any atom is 0.330 e. The SMILES string of the molecule is C=CC(=O)OCC.C=CC(=O)OCC(CC)CCCC.C=CC(=O)OCCC.C=CC(=O)OCCOc1ccccc1. The third-order valence-electron chi connectivity index (χ3n) is 4.75. The highest BCUT2D eigenvalue weighted by Gasteiger charge is 2.07. The lowest BCUT2D eigenvalue weighted by Gasteiger charge is -2.13.